The Kier molecular flexibility index (Phi) is 6.86. The van der Waals surface area contributed by atoms with Crippen LogP contribution in [0.15, 0.2) is 0 Å². The third-order valence-corrected chi connectivity index (χ3v) is 3.45. The van der Waals surface area contributed by atoms with Crippen LogP contribution in [0.2, 0.25) is 0 Å². The maximum Gasteiger partial charge on any atom is 0.223 e. The lowest BCUT2D eigenvalue weighted by molar-refractivity contribution is -0.936. The summed E-state index contributed by atoms with van der Waals surface area (Å²) in [4.78, 5) is 11.7. The van der Waals surface area contributed by atoms with E-state index in [1.165, 1.54) is 0 Å². The molecule has 0 rings (SSSR count). The molecular formula is C14H33N3O+2. The van der Waals surface area contributed by atoms with Gasteiger partial charge in [-0.2, -0.15) is 0 Å². The summed E-state index contributed by atoms with van der Waals surface area (Å²) >= 11 is 0. The van der Waals surface area contributed by atoms with Crippen molar-refractivity contribution in [1.29, 1.82) is 0 Å². The standard InChI is InChI=1S/C14H32N3O/c1-8-13(2)14(18)15-9-10-17(6,7)12-11-16(3,4)5/h13H,8-12H2,1-7H3/q+1/p+1. The lowest BCUT2D eigenvalue weighted by atomic mass is 10.1. The number of carbonyl (C=O) groups excluding carboxylic acids is 1. The summed E-state index contributed by atoms with van der Waals surface area (Å²) in [7, 11) is 11.1. The first-order valence-electron chi connectivity index (χ1n) is 6.97. The van der Waals surface area contributed by atoms with Crippen LogP contribution in [0.4, 0.5) is 0 Å². The zero-order valence-corrected chi connectivity index (χ0v) is 13.4. The van der Waals surface area contributed by atoms with Crippen LogP contribution in [0.5, 0.6) is 0 Å². The number of nitrogens with one attached hydrogen (secondary N) is 1. The molecule has 1 unspecified atom stereocenters. The van der Waals surface area contributed by atoms with E-state index < -0.39 is 0 Å². The van der Waals surface area contributed by atoms with Crippen LogP contribution in [0.25, 0.3) is 0 Å². The van der Waals surface area contributed by atoms with Crippen LogP contribution in [0.3, 0.4) is 0 Å². The Labute approximate surface area is 113 Å². The van der Waals surface area contributed by atoms with Gasteiger partial charge in [0.05, 0.1) is 48.3 Å². The maximum atomic E-state index is 11.7. The average molecular weight is 259 g/mol. The summed E-state index contributed by atoms with van der Waals surface area (Å²) in [5.41, 5.74) is 0. The van der Waals surface area contributed by atoms with Crippen molar-refractivity contribution in [1.82, 2.24) is 5.32 Å². The van der Waals surface area contributed by atoms with Gasteiger partial charge < -0.3 is 14.3 Å². The van der Waals surface area contributed by atoms with Gasteiger partial charge in [-0.05, 0) is 6.42 Å². The fourth-order valence-electron chi connectivity index (χ4n) is 1.52. The second kappa shape index (κ2) is 7.10. The monoisotopic (exact) mass is 259 g/mol. The van der Waals surface area contributed by atoms with E-state index in [9.17, 15) is 4.79 Å². The van der Waals surface area contributed by atoms with E-state index in [4.69, 9.17) is 0 Å². The van der Waals surface area contributed by atoms with Gasteiger partial charge in [-0.25, -0.2) is 0 Å². The SMILES string of the molecule is CCC(C)C(=O)NCC[N+](C)(C)CC[N+](C)(C)C. The van der Waals surface area contributed by atoms with Crippen LogP contribution in [0.1, 0.15) is 20.3 Å². The zero-order valence-electron chi connectivity index (χ0n) is 13.4. The molecular weight excluding hydrogens is 226 g/mol. The third-order valence-electron chi connectivity index (χ3n) is 3.45. The Hall–Kier alpha value is -0.610. The van der Waals surface area contributed by atoms with Gasteiger partial charge in [0.2, 0.25) is 5.91 Å². The summed E-state index contributed by atoms with van der Waals surface area (Å²) in [6.07, 6.45) is 0.908. The highest BCUT2D eigenvalue weighted by Crippen LogP contribution is 2.01. The molecule has 0 aliphatic rings. The van der Waals surface area contributed by atoms with Gasteiger partial charge in [-0.15, -0.1) is 0 Å². The van der Waals surface area contributed by atoms with Crippen LogP contribution in [0, 0.1) is 5.92 Å². The highest BCUT2D eigenvalue weighted by atomic mass is 16.1. The van der Waals surface area contributed by atoms with Crippen LogP contribution in [-0.4, -0.2) is 76.3 Å². The second-order valence-corrected chi connectivity index (χ2v) is 7.00. The zero-order chi connectivity index (χ0) is 14.4. The highest BCUT2D eigenvalue weighted by molar-refractivity contribution is 5.78. The molecule has 1 N–H and O–H groups in total. The summed E-state index contributed by atoms with van der Waals surface area (Å²) in [6.45, 7) is 8.06. The minimum absolute atomic E-state index is 0.131. The molecule has 0 aromatic carbocycles. The number of quaternary nitrogens is 2. The second-order valence-electron chi connectivity index (χ2n) is 7.00. The topological polar surface area (TPSA) is 29.1 Å². The Bertz CT molecular complexity index is 256. The van der Waals surface area contributed by atoms with Crippen molar-refractivity contribution < 1.29 is 13.8 Å². The molecule has 0 radical (unpaired) electrons. The van der Waals surface area contributed by atoms with E-state index in [1.807, 2.05) is 13.8 Å². The minimum Gasteiger partial charge on any atom is -0.350 e. The van der Waals surface area contributed by atoms with Gasteiger partial charge in [0.15, 0.2) is 0 Å². The predicted molar refractivity (Wildman–Crippen MR) is 77.2 cm³/mol. The lowest BCUT2D eigenvalue weighted by Crippen LogP contribution is -2.51. The van der Waals surface area contributed by atoms with Crippen LogP contribution < -0.4 is 5.32 Å². The molecule has 0 saturated heterocycles. The maximum absolute atomic E-state index is 11.7. The van der Waals surface area contributed by atoms with Crippen molar-refractivity contribution in [2.45, 2.75) is 20.3 Å². The quantitative estimate of drug-likeness (QED) is 0.646. The van der Waals surface area contributed by atoms with Crippen molar-refractivity contribution in [2.75, 3.05) is 61.4 Å². The number of carbonyl (C=O) groups is 1. The fourth-order valence-corrected chi connectivity index (χ4v) is 1.52. The molecule has 0 aromatic rings. The van der Waals surface area contributed by atoms with Crippen LogP contribution in [-0.2, 0) is 4.79 Å². The van der Waals surface area contributed by atoms with E-state index >= 15 is 0 Å². The summed E-state index contributed by atoms with van der Waals surface area (Å²) in [5.74, 6) is 0.316. The summed E-state index contributed by atoms with van der Waals surface area (Å²) < 4.78 is 1.94. The number of likely N-dealkylation sites (N-methyl/N-ethyl adjacent to an activating group) is 2. The molecule has 1 amide bonds. The molecule has 0 aliphatic heterocycles. The number of nitrogens with zero attached hydrogens (tertiary/aromatic N) is 2. The number of rotatable bonds is 8. The minimum atomic E-state index is 0.131. The molecule has 0 heterocycles. The van der Waals surface area contributed by atoms with Crippen LogP contribution >= 0.6 is 0 Å². The predicted octanol–water partition coefficient (Wildman–Crippen LogP) is 0.931. The molecule has 4 nitrogen and oxygen atoms in total. The van der Waals surface area contributed by atoms with Gasteiger partial charge >= 0.3 is 0 Å². The molecule has 0 aromatic heterocycles. The number of amides is 1. The number of hydrogen-bond donors (Lipinski definition) is 1. The highest BCUT2D eigenvalue weighted by Gasteiger charge is 2.20. The molecule has 108 valence electrons. The first kappa shape index (κ1) is 17.4. The molecule has 0 saturated carbocycles. The van der Waals surface area contributed by atoms with Crippen molar-refractivity contribution in [3.63, 3.8) is 0 Å². The molecule has 0 spiro atoms. The van der Waals surface area contributed by atoms with Gasteiger partial charge in [-0.3, -0.25) is 4.79 Å². The van der Waals surface area contributed by atoms with Gasteiger partial charge in [0.1, 0.15) is 13.1 Å². The van der Waals surface area contributed by atoms with E-state index in [0.29, 0.717) is 0 Å². The van der Waals surface area contributed by atoms with Crippen molar-refractivity contribution in [3.05, 3.63) is 0 Å². The van der Waals surface area contributed by atoms with Gasteiger partial charge in [0.25, 0.3) is 0 Å². The average Bonchev–Trinajstić information content (AvgIpc) is 2.24. The largest absolute Gasteiger partial charge is 0.350 e. The molecule has 18 heavy (non-hydrogen) atoms. The van der Waals surface area contributed by atoms with Crippen molar-refractivity contribution in [3.8, 4) is 0 Å². The molecule has 0 fully saturated rings. The fraction of sp³-hybridized carbons (Fsp3) is 0.929. The van der Waals surface area contributed by atoms with E-state index in [0.717, 1.165) is 41.6 Å². The third kappa shape index (κ3) is 8.48. The van der Waals surface area contributed by atoms with E-state index in [-0.39, 0.29) is 11.8 Å². The van der Waals surface area contributed by atoms with Gasteiger partial charge in [-0.1, -0.05) is 13.8 Å². The Balaban J connectivity index is 3.93. The van der Waals surface area contributed by atoms with Gasteiger partial charge in [0, 0.05) is 5.92 Å². The Morgan fingerprint density at radius 1 is 1.06 bits per heavy atom. The first-order valence-corrected chi connectivity index (χ1v) is 6.97. The first-order chi connectivity index (χ1) is 8.07. The Morgan fingerprint density at radius 3 is 2.06 bits per heavy atom. The van der Waals surface area contributed by atoms with Crippen molar-refractivity contribution in [2.24, 2.45) is 5.92 Å². The van der Waals surface area contributed by atoms with Crippen molar-refractivity contribution >= 4 is 5.91 Å². The summed E-state index contributed by atoms with van der Waals surface area (Å²) in [6, 6.07) is 0. The van der Waals surface area contributed by atoms with E-state index in [2.05, 4.69) is 40.6 Å². The molecule has 1 atom stereocenters. The summed E-state index contributed by atoms with van der Waals surface area (Å²) in [5, 5.41) is 3.03. The normalized spacial score (nSPS) is 14.4. The number of hydrogen-bond acceptors (Lipinski definition) is 1. The van der Waals surface area contributed by atoms with E-state index in [1.54, 1.807) is 0 Å². The molecule has 4 heteroatoms. The molecule has 0 aliphatic carbocycles. The lowest BCUT2D eigenvalue weighted by Gasteiger charge is -2.33. The Morgan fingerprint density at radius 2 is 1.61 bits per heavy atom. The molecule has 0 bridgehead atoms. The smallest absolute Gasteiger partial charge is 0.223 e.